The second-order valence-corrected chi connectivity index (χ2v) is 4.35. The maximum atomic E-state index is 12.1. The fourth-order valence-electron chi connectivity index (χ4n) is 2.28. The average molecular weight is 261 g/mol. The number of esters is 1. The van der Waals surface area contributed by atoms with E-state index in [1.165, 1.54) is 7.05 Å². The molecule has 0 bridgehead atoms. The van der Waals surface area contributed by atoms with Crippen LogP contribution in [0.5, 0.6) is 0 Å². The Morgan fingerprint density at radius 2 is 1.84 bits per heavy atom. The van der Waals surface area contributed by atoms with Gasteiger partial charge in [0.25, 0.3) is 0 Å². The zero-order valence-corrected chi connectivity index (χ0v) is 10.8. The fourth-order valence-corrected chi connectivity index (χ4v) is 2.28. The molecular weight excluding hydrogens is 246 g/mol. The van der Waals surface area contributed by atoms with Gasteiger partial charge in [-0.3, -0.25) is 19.3 Å². The molecule has 1 heterocycles. The van der Waals surface area contributed by atoms with E-state index in [-0.39, 0.29) is 12.5 Å². The van der Waals surface area contributed by atoms with E-state index < -0.39 is 23.7 Å². The highest BCUT2D eigenvalue weighted by Crippen LogP contribution is 2.34. The molecule has 0 unspecified atom stereocenters. The van der Waals surface area contributed by atoms with Crippen molar-refractivity contribution < 1.29 is 19.1 Å². The molecule has 5 heteroatoms. The van der Waals surface area contributed by atoms with E-state index in [1.54, 1.807) is 31.2 Å². The summed E-state index contributed by atoms with van der Waals surface area (Å²) in [5.74, 6) is -3.36. The predicted octanol–water partition coefficient (Wildman–Crippen LogP) is 0.948. The van der Waals surface area contributed by atoms with Crippen LogP contribution in [0.3, 0.4) is 0 Å². The number of hydrogen-bond donors (Lipinski definition) is 0. The molecule has 1 aromatic carbocycles. The van der Waals surface area contributed by atoms with Gasteiger partial charge in [-0.25, -0.2) is 0 Å². The maximum Gasteiger partial charge on any atom is 0.319 e. The summed E-state index contributed by atoms with van der Waals surface area (Å²) < 4.78 is 4.91. The number of hydrogen-bond acceptors (Lipinski definition) is 4. The lowest BCUT2D eigenvalue weighted by molar-refractivity contribution is -0.152. The van der Waals surface area contributed by atoms with Crippen molar-refractivity contribution in [2.45, 2.75) is 12.8 Å². The van der Waals surface area contributed by atoms with E-state index in [9.17, 15) is 14.4 Å². The molecule has 5 nitrogen and oxygen atoms in total. The molecule has 100 valence electrons. The summed E-state index contributed by atoms with van der Waals surface area (Å²) in [7, 11) is 1.39. The summed E-state index contributed by atoms with van der Waals surface area (Å²) in [6.45, 7) is 1.85. The molecule has 1 aromatic rings. The van der Waals surface area contributed by atoms with Crippen LogP contribution >= 0.6 is 0 Å². The minimum Gasteiger partial charge on any atom is -0.465 e. The number of likely N-dealkylation sites (N-methyl/N-ethyl adjacent to an activating group) is 1. The largest absolute Gasteiger partial charge is 0.465 e. The number of carbonyl (C=O) groups is 3. The SMILES string of the molecule is CCOC(=O)[C@H]1C(=O)N(C)C(=O)[C@@H]1c1ccccc1. The van der Waals surface area contributed by atoms with Gasteiger partial charge in [0.15, 0.2) is 5.92 Å². The maximum absolute atomic E-state index is 12.1. The number of benzene rings is 1. The summed E-state index contributed by atoms with van der Waals surface area (Å²) >= 11 is 0. The highest BCUT2D eigenvalue weighted by Gasteiger charge is 2.51. The van der Waals surface area contributed by atoms with Crippen molar-refractivity contribution in [3.63, 3.8) is 0 Å². The Morgan fingerprint density at radius 1 is 1.21 bits per heavy atom. The molecule has 0 aromatic heterocycles. The monoisotopic (exact) mass is 261 g/mol. The Labute approximate surface area is 111 Å². The second kappa shape index (κ2) is 5.22. The summed E-state index contributed by atoms with van der Waals surface area (Å²) in [6, 6.07) is 8.83. The van der Waals surface area contributed by atoms with Gasteiger partial charge in [0.1, 0.15) is 0 Å². The smallest absolute Gasteiger partial charge is 0.319 e. The third-order valence-electron chi connectivity index (χ3n) is 3.23. The normalized spacial score (nSPS) is 22.7. The number of likely N-dealkylation sites (tertiary alicyclic amines) is 1. The molecule has 1 fully saturated rings. The van der Waals surface area contributed by atoms with Crippen LogP contribution in [0.4, 0.5) is 0 Å². The minimum absolute atomic E-state index is 0.183. The minimum atomic E-state index is -1.07. The van der Waals surface area contributed by atoms with Crippen molar-refractivity contribution in [1.29, 1.82) is 0 Å². The van der Waals surface area contributed by atoms with Crippen LogP contribution in [-0.2, 0) is 19.1 Å². The summed E-state index contributed by atoms with van der Waals surface area (Å²) in [5, 5.41) is 0. The van der Waals surface area contributed by atoms with E-state index in [0.29, 0.717) is 5.56 Å². The number of amides is 2. The van der Waals surface area contributed by atoms with Crippen LogP contribution in [-0.4, -0.2) is 36.3 Å². The molecule has 0 saturated carbocycles. The van der Waals surface area contributed by atoms with E-state index in [4.69, 9.17) is 4.74 Å². The number of nitrogens with zero attached hydrogens (tertiary/aromatic N) is 1. The fraction of sp³-hybridized carbons (Fsp3) is 0.357. The lowest BCUT2D eigenvalue weighted by Crippen LogP contribution is -2.30. The van der Waals surface area contributed by atoms with Gasteiger partial charge in [-0.2, -0.15) is 0 Å². The first-order valence-electron chi connectivity index (χ1n) is 6.11. The van der Waals surface area contributed by atoms with Crippen LogP contribution in [0, 0.1) is 5.92 Å². The number of carbonyl (C=O) groups excluding carboxylic acids is 3. The molecule has 0 spiro atoms. The first-order chi connectivity index (χ1) is 9.07. The lowest BCUT2D eigenvalue weighted by atomic mass is 9.88. The number of imide groups is 1. The van der Waals surface area contributed by atoms with Gasteiger partial charge in [0.2, 0.25) is 11.8 Å². The first kappa shape index (κ1) is 13.3. The third kappa shape index (κ3) is 2.23. The second-order valence-electron chi connectivity index (χ2n) is 4.35. The van der Waals surface area contributed by atoms with E-state index in [0.717, 1.165) is 4.90 Å². The van der Waals surface area contributed by atoms with Crippen molar-refractivity contribution >= 4 is 17.8 Å². The van der Waals surface area contributed by atoms with Gasteiger partial charge >= 0.3 is 5.97 Å². The van der Waals surface area contributed by atoms with Crippen molar-refractivity contribution in [1.82, 2.24) is 4.90 Å². The molecule has 2 rings (SSSR count). The third-order valence-corrected chi connectivity index (χ3v) is 3.23. The first-order valence-corrected chi connectivity index (χ1v) is 6.11. The highest BCUT2D eigenvalue weighted by atomic mass is 16.5. The number of rotatable bonds is 3. The van der Waals surface area contributed by atoms with Gasteiger partial charge in [-0.15, -0.1) is 0 Å². The van der Waals surface area contributed by atoms with Gasteiger partial charge in [-0.05, 0) is 12.5 Å². The van der Waals surface area contributed by atoms with E-state index in [1.807, 2.05) is 6.07 Å². The average Bonchev–Trinajstić information content (AvgIpc) is 2.64. The van der Waals surface area contributed by atoms with Crippen molar-refractivity contribution in [3.8, 4) is 0 Å². The van der Waals surface area contributed by atoms with E-state index in [2.05, 4.69) is 0 Å². The molecule has 1 saturated heterocycles. The zero-order valence-electron chi connectivity index (χ0n) is 10.8. The predicted molar refractivity (Wildman–Crippen MR) is 67.1 cm³/mol. The molecule has 2 amide bonds. The molecule has 1 aliphatic heterocycles. The summed E-state index contributed by atoms with van der Waals surface area (Å²) in [6.07, 6.45) is 0. The Hall–Kier alpha value is -2.17. The highest BCUT2D eigenvalue weighted by molar-refractivity contribution is 6.15. The van der Waals surface area contributed by atoms with Crippen LogP contribution in [0.1, 0.15) is 18.4 Å². The van der Waals surface area contributed by atoms with Gasteiger partial charge < -0.3 is 4.74 Å². The topological polar surface area (TPSA) is 63.7 Å². The molecule has 0 radical (unpaired) electrons. The Morgan fingerprint density at radius 3 is 2.42 bits per heavy atom. The molecular formula is C14H15NO4. The summed E-state index contributed by atoms with van der Waals surface area (Å²) in [5.41, 5.74) is 0.656. The molecule has 19 heavy (non-hydrogen) atoms. The van der Waals surface area contributed by atoms with Crippen LogP contribution in [0.15, 0.2) is 30.3 Å². The quantitative estimate of drug-likeness (QED) is 0.461. The van der Waals surface area contributed by atoms with Gasteiger partial charge in [0, 0.05) is 7.05 Å². The van der Waals surface area contributed by atoms with Crippen LogP contribution in [0.25, 0.3) is 0 Å². The molecule has 0 N–H and O–H groups in total. The Bertz CT molecular complexity index is 511. The lowest BCUT2D eigenvalue weighted by Gasteiger charge is -2.14. The van der Waals surface area contributed by atoms with Gasteiger partial charge in [-0.1, -0.05) is 30.3 Å². The van der Waals surface area contributed by atoms with Crippen molar-refractivity contribution in [2.24, 2.45) is 5.92 Å². The van der Waals surface area contributed by atoms with E-state index >= 15 is 0 Å². The Kier molecular flexibility index (Phi) is 3.64. The summed E-state index contributed by atoms with van der Waals surface area (Å²) in [4.78, 5) is 37.1. The molecule has 0 aliphatic carbocycles. The zero-order chi connectivity index (χ0) is 14.0. The Balaban J connectivity index is 2.40. The molecule has 1 aliphatic rings. The van der Waals surface area contributed by atoms with Crippen LogP contribution < -0.4 is 0 Å². The van der Waals surface area contributed by atoms with Crippen molar-refractivity contribution in [3.05, 3.63) is 35.9 Å². The van der Waals surface area contributed by atoms with Crippen LogP contribution in [0.2, 0.25) is 0 Å². The standard InChI is InChI=1S/C14H15NO4/c1-3-19-14(18)11-10(9-7-5-4-6-8-9)12(16)15(2)13(11)17/h4-8,10-11H,3H2,1-2H3/t10-,11-/m1/s1. The van der Waals surface area contributed by atoms with Crippen molar-refractivity contribution in [2.75, 3.05) is 13.7 Å². The van der Waals surface area contributed by atoms with Gasteiger partial charge in [0.05, 0.1) is 12.5 Å². The number of ether oxygens (including phenoxy) is 1. The molecule has 2 atom stereocenters.